The minimum absolute atomic E-state index is 0.0330. The highest BCUT2D eigenvalue weighted by atomic mass is 16.6. The smallest absolute Gasteiger partial charge is 0.333 e. The van der Waals surface area contributed by atoms with Crippen molar-refractivity contribution >= 4 is 46.6 Å². The van der Waals surface area contributed by atoms with Crippen LogP contribution in [0.2, 0.25) is 0 Å². The first-order valence-corrected chi connectivity index (χ1v) is 15.1. The molecular formula is C31H39N7O11. The number of carbonyl (C=O) groups is 4. The summed E-state index contributed by atoms with van der Waals surface area (Å²) in [5.74, 6) is -3.54. The quantitative estimate of drug-likeness (QED) is 0.0561. The molecule has 6 N–H and O–H groups in total. The van der Waals surface area contributed by atoms with Crippen LogP contribution in [0.25, 0.3) is 11.2 Å². The van der Waals surface area contributed by atoms with Crippen LogP contribution in [-0.2, 0) is 44.6 Å². The lowest BCUT2D eigenvalue weighted by Crippen LogP contribution is -2.41. The maximum absolute atomic E-state index is 12.7. The lowest BCUT2D eigenvalue weighted by molar-refractivity contribution is -0.146. The highest BCUT2D eigenvalue weighted by Gasteiger charge is 2.22. The van der Waals surface area contributed by atoms with E-state index in [1.165, 1.54) is 18.3 Å². The van der Waals surface area contributed by atoms with Gasteiger partial charge in [0.25, 0.3) is 5.91 Å². The van der Waals surface area contributed by atoms with Crippen LogP contribution in [0, 0.1) is 0 Å². The van der Waals surface area contributed by atoms with Crippen molar-refractivity contribution in [3.63, 3.8) is 0 Å². The number of nitrogens with zero attached hydrogens (tertiary/aromatic N) is 4. The van der Waals surface area contributed by atoms with E-state index in [0.29, 0.717) is 36.8 Å². The van der Waals surface area contributed by atoms with Gasteiger partial charge in [-0.25, -0.2) is 19.6 Å². The number of anilines is 2. The van der Waals surface area contributed by atoms with E-state index in [9.17, 15) is 29.4 Å². The molecule has 1 aromatic carbocycles. The van der Waals surface area contributed by atoms with Crippen molar-refractivity contribution in [2.75, 3.05) is 63.9 Å². The summed E-state index contributed by atoms with van der Waals surface area (Å²) in [6.45, 7) is 6.91. The highest BCUT2D eigenvalue weighted by Crippen LogP contribution is 2.19. The Labute approximate surface area is 281 Å². The first-order chi connectivity index (χ1) is 23.5. The normalized spacial score (nSPS) is 11.4. The van der Waals surface area contributed by atoms with Crippen molar-refractivity contribution in [1.29, 1.82) is 0 Å². The average molecular weight is 686 g/mol. The number of nitrogens with one attached hydrogen (secondary N) is 2. The van der Waals surface area contributed by atoms with Crippen LogP contribution in [0.3, 0.4) is 0 Å². The number of rotatable bonds is 22. The number of hydrogen-bond donors (Lipinski definition) is 5. The maximum Gasteiger partial charge on any atom is 0.333 e. The van der Waals surface area contributed by atoms with Crippen molar-refractivity contribution in [3.05, 3.63) is 53.9 Å². The summed E-state index contributed by atoms with van der Waals surface area (Å²) in [5.41, 5.74) is 7.40. The Bertz CT molecular complexity index is 1590. The van der Waals surface area contributed by atoms with Gasteiger partial charge >= 0.3 is 17.9 Å². The van der Waals surface area contributed by atoms with Crippen molar-refractivity contribution in [1.82, 2.24) is 25.3 Å². The second kappa shape index (κ2) is 20.0. The fourth-order valence-electron chi connectivity index (χ4n) is 3.87. The Balaban J connectivity index is 1.27. The molecule has 0 saturated carbocycles. The van der Waals surface area contributed by atoms with E-state index in [1.807, 2.05) is 0 Å². The van der Waals surface area contributed by atoms with Crippen LogP contribution in [0.5, 0.6) is 5.88 Å². The third-order valence-electron chi connectivity index (χ3n) is 6.36. The number of ether oxygens (including phenoxy) is 5. The number of nitrogen functional groups attached to an aromatic ring is 1. The fraction of sp³-hybridized carbons (Fsp3) is 0.419. The molecule has 0 saturated heterocycles. The molecule has 2 aromatic heterocycles. The van der Waals surface area contributed by atoms with E-state index in [0.717, 1.165) is 0 Å². The summed E-state index contributed by atoms with van der Waals surface area (Å²) in [6, 6.07) is 4.94. The zero-order chi connectivity index (χ0) is 35.6. The van der Waals surface area contributed by atoms with Gasteiger partial charge in [0, 0.05) is 23.2 Å². The van der Waals surface area contributed by atoms with Gasteiger partial charge < -0.3 is 50.3 Å². The Hall–Kier alpha value is -5.46. The van der Waals surface area contributed by atoms with Crippen molar-refractivity contribution in [3.8, 4) is 5.88 Å². The molecule has 0 aliphatic rings. The molecule has 49 heavy (non-hydrogen) atoms. The molecule has 0 bridgehead atoms. The van der Waals surface area contributed by atoms with E-state index >= 15 is 0 Å². The zero-order valence-electron chi connectivity index (χ0n) is 26.9. The first kappa shape index (κ1) is 38.0. The standard InChI is InChI=1S/C31H39N7O11/c1-19(2)30(44)49-16-14-47-12-10-45-9-11-46-13-15-48-24(39)8-7-23(29(42)43)36-27(40)20-3-5-21(6-4-20)33-17-22-18-34-26-25(35-22)28(41)38-31(32)37-26/h3-6,18,23,33H,1,7-17H2,2H3,(H,36,40)(H,42,43)(H3,32,34,37,38,41)/t23-/m0/s1. The van der Waals surface area contributed by atoms with Crippen molar-refractivity contribution in [2.24, 2.45) is 0 Å². The number of hydrogen-bond acceptors (Lipinski definition) is 16. The van der Waals surface area contributed by atoms with E-state index in [-0.39, 0.29) is 81.0 Å². The summed E-state index contributed by atoms with van der Waals surface area (Å²) >= 11 is 0. The number of aliphatic carboxylic acids is 1. The van der Waals surface area contributed by atoms with Crippen LogP contribution >= 0.6 is 0 Å². The topological polar surface area (TPSA) is 257 Å². The molecule has 18 heteroatoms. The fourth-order valence-corrected chi connectivity index (χ4v) is 3.87. The van der Waals surface area contributed by atoms with Crippen molar-refractivity contribution in [2.45, 2.75) is 32.4 Å². The van der Waals surface area contributed by atoms with E-state index in [2.05, 4.69) is 37.1 Å². The first-order valence-electron chi connectivity index (χ1n) is 15.1. The van der Waals surface area contributed by atoms with Crippen molar-refractivity contribution < 1.29 is 53.1 Å². The maximum atomic E-state index is 12.7. The highest BCUT2D eigenvalue weighted by molar-refractivity contribution is 5.97. The average Bonchev–Trinajstić information content (AvgIpc) is 3.07. The molecule has 0 radical (unpaired) electrons. The molecule has 1 amide bonds. The summed E-state index contributed by atoms with van der Waals surface area (Å²) in [7, 11) is 0. The Kier molecular flexibility index (Phi) is 15.5. The number of carbonyl (C=O) groups excluding carboxylic acids is 3. The number of esters is 2. The molecule has 0 fully saturated rings. The Morgan fingerprint density at radius 3 is 2.12 bits per heavy atom. The number of nitrogens with two attached hydrogens (primary N) is 1. The van der Waals surface area contributed by atoms with Gasteiger partial charge in [-0.15, -0.1) is 0 Å². The van der Waals surface area contributed by atoms with Crippen LogP contribution in [0.1, 0.15) is 35.8 Å². The summed E-state index contributed by atoms with van der Waals surface area (Å²) < 4.78 is 25.9. The van der Waals surface area contributed by atoms with E-state index in [1.54, 1.807) is 19.1 Å². The van der Waals surface area contributed by atoms with Gasteiger partial charge in [-0.05, 0) is 37.6 Å². The predicted molar refractivity (Wildman–Crippen MR) is 172 cm³/mol. The van der Waals surface area contributed by atoms with Gasteiger partial charge in [-0.3, -0.25) is 9.59 Å². The SMILES string of the molecule is C=C(C)C(=O)OCCOCCOCCOCCOC(=O)CC[C@H](NC(=O)c1ccc(NCc2cnc3nc(N)nc(O)c3n2)cc1)C(=O)O. The molecule has 0 unspecified atom stereocenters. The molecule has 2 heterocycles. The summed E-state index contributed by atoms with van der Waals surface area (Å²) in [6.07, 6.45) is 1.06. The van der Waals surface area contributed by atoms with Gasteiger partial charge in [0.2, 0.25) is 11.8 Å². The van der Waals surface area contributed by atoms with Crippen LogP contribution in [-0.4, -0.2) is 113 Å². The number of fused-ring (bicyclic) bond motifs is 1. The Morgan fingerprint density at radius 2 is 1.51 bits per heavy atom. The second-order valence-electron chi connectivity index (χ2n) is 10.2. The van der Waals surface area contributed by atoms with Crippen LogP contribution < -0.4 is 16.4 Å². The van der Waals surface area contributed by atoms with Gasteiger partial charge in [0.05, 0.1) is 58.1 Å². The number of carboxylic acid groups (broad SMARTS) is 1. The molecule has 0 spiro atoms. The lowest BCUT2D eigenvalue weighted by atomic mass is 10.1. The molecule has 1 atom stereocenters. The van der Waals surface area contributed by atoms with Gasteiger partial charge in [-0.2, -0.15) is 9.97 Å². The monoisotopic (exact) mass is 685 g/mol. The zero-order valence-corrected chi connectivity index (χ0v) is 26.9. The third-order valence-corrected chi connectivity index (χ3v) is 6.36. The van der Waals surface area contributed by atoms with Gasteiger partial charge in [-0.1, -0.05) is 6.58 Å². The van der Waals surface area contributed by atoms with Crippen LogP contribution in [0.15, 0.2) is 42.6 Å². The number of aromatic hydroxyl groups is 1. The molecule has 3 aromatic rings. The number of carboxylic acids is 1. The summed E-state index contributed by atoms with van der Waals surface area (Å²) in [5, 5.41) is 25.0. The predicted octanol–water partition coefficient (Wildman–Crippen LogP) is 0.995. The van der Waals surface area contributed by atoms with Crippen LogP contribution in [0.4, 0.5) is 11.6 Å². The number of benzene rings is 1. The number of amides is 1. The van der Waals surface area contributed by atoms with Gasteiger partial charge in [0.1, 0.15) is 19.3 Å². The third kappa shape index (κ3) is 13.7. The largest absolute Gasteiger partial charge is 0.492 e. The second-order valence-corrected chi connectivity index (χ2v) is 10.2. The van der Waals surface area contributed by atoms with E-state index < -0.39 is 29.9 Å². The Morgan fingerprint density at radius 1 is 0.898 bits per heavy atom. The van der Waals surface area contributed by atoms with Gasteiger partial charge in [0.15, 0.2) is 11.2 Å². The summed E-state index contributed by atoms with van der Waals surface area (Å²) in [4.78, 5) is 63.7. The molecule has 3 rings (SSSR count). The van der Waals surface area contributed by atoms with E-state index in [4.69, 9.17) is 29.4 Å². The lowest BCUT2D eigenvalue weighted by Gasteiger charge is -2.15. The molecule has 0 aliphatic heterocycles. The number of aromatic nitrogens is 4. The molecule has 0 aliphatic carbocycles. The molecule has 18 nitrogen and oxygen atoms in total. The molecule has 264 valence electrons. The molecular weight excluding hydrogens is 646 g/mol. The minimum Gasteiger partial charge on any atom is -0.492 e. The minimum atomic E-state index is -1.32.